The number of carbonyl (C=O) groups is 1. The van der Waals surface area contributed by atoms with E-state index in [1.807, 2.05) is 0 Å². The highest BCUT2D eigenvalue weighted by molar-refractivity contribution is 6.55. The maximum absolute atomic E-state index is 9.99. The van der Waals surface area contributed by atoms with E-state index in [-0.39, 0.29) is 4.83 Å². The van der Waals surface area contributed by atoms with Gasteiger partial charge in [0.25, 0.3) is 0 Å². The molecule has 0 aromatic carbocycles. The Morgan fingerprint density at radius 3 is 2.71 bits per heavy atom. The summed E-state index contributed by atoms with van der Waals surface area (Å²) in [6.45, 7) is 3.72. The fraction of sp³-hybridized carbons (Fsp3) is 0.250. The summed E-state index contributed by atoms with van der Waals surface area (Å²) >= 11 is 0.474. The van der Waals surface area contributed by atoms with Crippen LogP contribution >= 0.6 is 0 Å². The third-order valence-corrected chi connectivity index (χ3v) is 0.693. The summed E-state index contributed by atoms with van der Waals surface area (Å²) < 4.78 is 4.50. The SMILES string of the molecule is C=CCO[C](=O)[AlH2]. The summed E-state index contributed by atoms with van der Waals surface area (Å²) in [5.41, 5.74) is 0. The monoisotopic (exact) mass is 114 g/mol. The fourth-order valence-corrected chi connectivity index (χ4v) is 0.343. The average Bonchev–Trinajstić information content (AvgIpc) is 1.61. The molecule has 0 atom stereocenters. The van der Waals surface area contributed by atoms with Gasteiger partial charge in [0.1, 0.15) is 6.61 Å². The highest BCUT2D eigenvalue weighted by Crippen LogP contribution is 1.72. The van der Waals surface area contributed by atoms with Gasteiger partial charge in [-0.25, -0.2) is 0 Å². The highest BCUT2D eigenvalue weighted by atomic mass is 27.0. The van der Waals surface area contributed by atoms with E-state index in [0.29, 0.717) is 22.9 Å². The van der Waals surface area contributed by atoms with Crippen molar-refractivity contribution in [3.63, 3.8) is 0 Å². The molecule has 0 rings (SSSR count). The molecular formula is C4H7AlO2. The Morgan fingerprint density at radius 1 is 2.00 bits per heavy atom. The molecule has 0 aromatic heterocycles. The van der Waals surface area contributed by atoms with E-state index in [4.69, 9.17) is 0 Å². The minimum atomic E-state index is -0.125. The van der Waals surface area contributed by atoms with E-state index in [1.54, 1.807) is 6.08 Å². The molecule has 38 valence electrons. The van der Waals surface area contributed by atoms with Crippen LogP contribution in [-0.4, -0.2) is 27.7 Å². The van der Waals surface area contributed by atoms with Crippen LogP contribution < -0.4 is 0 Å². The Hall–Kier alpha value is -0.258. The van der Waals surface area contributed by atoms with Gasteiger partial charge >= 0.3 is 16.3 Å². The minimum Gasteiger partial charge on any atom is -0.477 e. The van der Waals surface area contributed by atoms with Crippen molar-refractivity contribution in [2.75, 3.05) is 6.61 Å². The summed E-state index contributed by atoms with van der Waals surface area (Å²) in [7, 11) is 0. The summed E-state index contributed by atoms with van der Waals surface area (Å²) in [4.78, 5) is 9.87. The van der Waals surface area contributed by atoms with E-state index >= 15 is 0 Å². The van der Waals surface area contributed by atoms with Gasteiger partial charge in [-0.2, -0.15) is 0 Å². The molecule has 0 radical (unpaired) electrons. The second kappa shape index (κ2) is 3.92. The quantitative estimate of drug-likeness (QED) is 0.371. The molecule has 0 unspecified atom stereocenters. The van der Waals surface area contributed by atoms with Crippen molar-refractivity contribution in [2.24, 2.45) is 0 Å². The summed E-state index contributed by atoms with van der Waals surface area (Å²) in [5, 5.41) is 0. The summed E-state index contributed by atoms with van der Waals surface area (Å²) in [5.74, 6) is 0. The van der Waals surface area contributed by atoms with Crippen molar-refractivity contribution in [3.05, 3.63) is 12.7 Å². The molecule has 0 aliphatic carbocycles. The van der Waals surface area contributed by atoms with Crippen molar-refractivity contribution < 1.29 is 9.53 Å². The first-order chi connectivity index (χ1) is 3.27. The topological polar surface area (TPSA) is 26.3 Å². The van der Waals surface area contributed by atoms with Crippen molar-refractivity contribution in [2.45, 2.75) is 0 Å². The van der Waals surface area contributed by atoms with Crippen molar-refractivity contribution in [1.29, 1.82) is 0 Å². The van der Waals surface area contributed by atoms with Crippen molar-refractivity contribution in [3.8, 4) is 0 Å². The smallest absolute Gasteiger partial charge is 0.388 e. The lowest BCUT2D eigenvalue weighted by Crippen LogP contribution is -1.99. The lowest BCUT2D eigenvalue weighted by Gasteiger charge is -1.92. The van der Waals surface area contributed by atoms with E-state index < -0.39 is 0 Å². The normalized spacial score (nSPS) is 7.43. The summed E-state index contributed by atoms with van der Waals surface area (Å²) in [6, 6.07) is 0. The zero-order valence-electron chi connectivity index (χ0n) is 4.31. The molecule has 0 saturated heterocycles. The van der Waals surface area contributed by atoms with Crippen LogP contribution in [0.15, 0.2) is 12.7 Å². The molecule has 0 saturated carbocycles. The Kier molecular flexibility index (Phi) is 3.77. The molecule has 0 fully saturated rings. The molecule has 0 heterocycles. The van der Waals surface area contributed by atoms with E-state index in [1.165, 1.54) is 0 Å². The van der Waals surface area contributed by atoms with Crippen LogP contribution in [0.25, 0.3) is 0 Å². The van der Waals surface area contributed by atoms with Gasteiger partial charge in [0.05, 0.1) is 0 Å². The van der Waals surface area contributed by atoms with Gasteiger partial charge < -0.3 is 4.74 Å². The third-order valence-electron chi connectivity index (χ3n) is 0.404. The van der Waals surface area contributed by atoms with Crippen LogP contribution in [0, 0.1) is 0 Å². The average molecular weight is 114 g/mol. The van der Waals surface area contributed by atoms with Gasteiger partial charge in [0, 0.05) is 0 Å². The number of hydrogen-bond donors (Lipinski definition) is 0. The molecule has 0 aliphatic heterocycles. The third kappa shape index (κ3) is 5.74. The highest BCUT2D eigenvalue weighted by Gasteiger charge is 1.83. The molecule has 7 heavy (non-hydrogen) atoms. The number of carbonyl (C=O) groups excluding carboxylic acids is 1. The number of hydrogen-bond acceptors (Lipinski definition) is 2. The van der Waals surface area contributed by atoms with Gasteiger partial charge in [-0.1, -0.05) is 12.7 Å². The Bertz CT molecular complexity index is 79.8. The van der Waals surface area contributed by atoms with Gasteiger partial charge in [0.2, 0.25) is 0 Å². The molecule has 0 N–H and O–H groups in total. The van der Waals surface area contributed by atoms with Crippen LogP contribution in [0.5, 0.6) is 0 Å². The molecular weight excluding hydrogens is 107 g/mol. The molecule has 0 spiro atoms. The van der Waals surface area contributed by atoms with Gasteiger partial charge in [-0.3, -0.25) is 4.79 Å². The van der Waals surface area contributed by atoms with Gasteiger partial charge in [0.15, 0.2) is 4.83 Å². The zero-order valence-corrected chi connectivity index (χ0v) is 6.31. The predicted octanol–water partition coefficient (Wildman–Crippen LogP) is -0.0579. The maximum atomic E-state index is 9.99. The lowest BCUT2D eigenvalue weighted by molar-refractivity contribution is 0.186. The molecule has 3 heteroatoms. The first-order valence-corrected chi connectivity index (χ1v) is 3.01. The predicted molar refractivity (Wildman–Crippen MR) is 30.1 cm³/mol. The van der Waals surface area contributed by atoms with E-state index in [9.17, 15) is 4.79 Å². The minimum absolute atomic E-state index is 0.125. The molecule has 0 amide bonds. The maximum Gasteiger partial charge on any atom is 0.388 e. The summed E-state index contributed by atoms with van der Waals surface area (Å²) in [6.07, 6.45) is 1.55. The molecule has 0 aliphatic rings. The lowest BCUT2D eigenvalue weighted by atomic mass is 10.7. The van der Waals surface area contributed by atoms with Crippen LogP contribution in [0.3, 0.4) is 0 Å². The Labute approximate surface area is 50.6 Å². The first-order valence-electron chi connectivity index (χ1n) is 2.01. The van der Waals surface area contributed by atoms with E-state index in [0.717, 1.165) is 0 Å². The molecule has 2 nitrogen and oxygen atoms in total. The van der Waals surface area contributed by atoms with Crippen LogP contribution in [0.1, 0.15) is 0 Å². The largest absolute Gasteiger partial charge is 0.477 e. The fourth-order valence-electron chi connectivity index (χ4n) is 0.176. The zero-order chi connectivity index (χ0) is 5.70. The molecule has 0 aromatic rings. The van der Waals surface area contributed by atoms with Crippen LogP contribution in [0.2, 0.25) is 0 Å². The van der Waals surface area contributed by atoms with Crippen LogP contribution in [0.4, 0.5) is 4.79 Å². The number of rotatable bonds is 2. The standard InChI is InChI=1S/C4H5O2.Al.2H/c1-2-3-6-4-5;;;/h2H,1,3H2;;;. The number of ether oxygens (including phenoxy) is 1. The molecule has 0 bridgehead atoms. The van der Waals surface area contributed by atoms with Crippen molar-refractivity contribution >= 4 is 21.1 Å². The van der Waals surface area contributed by atoms with Gasteiger partial charge in [-0.15, -0.1) is 0 Å². The van der Waals surface area contributed by atoms with Crippen molar-refractivity contribution in [1.82, 2.24) is 0 Å². The second-order valence-corrected chi connectivity index (χ2v) is 1.91. The van der Waals surface area contributed by atoms with Gasteiger partial charge in [-0.05, 0) is 0 Å². The Balaban J connectivity index is 2.97. The van der Waals surface area contributed by atoms with E-state index in [2.05, 4.69) is 11.3 Å². The Morgan fingerprint density at radius 2 is 2.57 bits per heavy atom. The van der Waals surface area contributed by atoms with Crippen LogP contribution in [-0.2, 0) is 4.74 Å². The first kappa shape index (κ1) is 6.74. The second-order valence-electron chi connectivity index (χ2n) is 1.09.